The highest BCUT2D eigenvalue weighted by atomic mass is 14.7. The molecule has 0 aliphatic rings. The number of H-pyrrole nitrogens is 2. The largest absolute Gasteiger partial charge is 0.361 e. The lowest BCUT2D eigenvalue weighted by Crippen LogP contribution is -1.99. The van der Waals surface area contributed by atoms with E-state index in [0.717, 1.165) is 12.8 Å². The van der Waals surface area contributed by atoms with Crippen LogP contribution in [0.2, 0.25) is 0 Å². The van der Waals surface area contributed by atoms with E-state index in [1.54, 1.807) is 0 Å². The molecule has 0 radical (unpaired) electrons. The Balaban J connectivity index is 1.89. The van der Waals surface area contributed by atoms with E-state index in [9.17, 15) is 0 Å². The van der Waals surface area contributed by atoms with Gasteiger partial charge in [0.05, 0.1) is 0 Å². The molecule has 23 heavy (non-hydrogen) atoms. The molecule has 2 heteroatoms. The van der Waals surface area contributed by atoms with Crippen molar-refractivity contribution in [3.8, 4) is 0 Å². The molecule has 0 aliphatic heterocycles. The molecule has 0 saturated heterocycles. The summed E-state index contributed by atoms with van der Waals surface area (Å²) in [5.41, 5.74) is 5.14. The monoisotopic (exact) mass is 300 g/mol. The molecule has 2 nitrogen and oxygen atoms in total. The van der Waals surface area contributed by atoms with Gasteiger partial charge < -0.3 is 9.97 Å². The molecule has 4 aromatic rings. The van der Waals surface area contributed by atoms with Crippen molar-refractivity contribution in [2.24, 2.45) is 0 Å². The highest BCUT2D eigenvalue weighted by Gasteiger charge is 2.20. The summed E-state index contributed by atoms with van der Waals surface area (Å²) < 4.78 is 0. The first-order valence-electron chi connectivity index (χ1n) is 8.11. The van der Waals surface area contributed by atoms with Gasteiger partial charge in [0.2, 0.25) is 0 Å². The number of benzene rings is 2. The van der Waals surface area contributed by atoms with Gasteiger partial charge in [-0.25, -0.2) is 0 Å². The van der Waals surface area contributed by atoms with E-state index in [0.29, 0.717) is 5.92 Å². The molecule has 2 N–H and O–H groups in total. The second kappa shape index (κ2) is 5.81. The highest BCUT2D eigenvalue weighted by molar-refractivity contribution is 5.88. The van der Waals surface area contributed by atoms with Gasteiger partial charge in [-0.15, -0.1) is 6.58 Å². The maximum Gasteiger partial charge on any atom is 0.0457 e. The number of hydrogen-bond donors (Lipinski definition) is 2. The minimum absolute atomic E-state index is 0.361. The molecule has 0 saturated carbocycles. The Morgan fingerprint density at radius 1 is 0.826 bits per heavy atom. The van der Waals surface area contributed by atoms with Crippen LogP contribution in [0.5, 0.6) is 0 Å². The van der Waals surface area contributed by atoms with Crippen LogP contribution in [0, 0.1) is 0 Å². The second-order valence-electron chi connectivity index (χ2n) is 6.00. The second-order valence-corrected chi connectivity index (χ2v) is 6.00. The molecule has 0 unspecified atom stereocenters. The van der Waals surface area contributed by atoms with Crippen LogP contribution in [0.4, 0.5) is 0 Å². The van der Waals surface area contributed by atoms with Gasteiger partial charge in [0.15, 0.2) is 0 Å². The summed E-state index contributed by atoms with van der Waals surface area (Å²) in [6, 6.07) is 17.1. The third kappa shape index (κ3) is 2.36. The number of aromatic nitrogens is 2. The van der Waals surface area contributed by atoms with E-state index in [2.05, 4.69) is 77.5 Å². The molecule has 2 aromatic heterocycles. The number of fused-ring (bicyclic) bond motifs is 2. The number of nitrogens with one attached hydrogen (secondary N) is 2. The summed E-state index contributed by atoms with van der Waals surface area (Å²) in [5, 5.41) is 2.62. The number of para-hydroxylation sites is 2. The van der Waals surface area contributed by atoms with E-state index in [1.807, 2.05) is 6.08 Å². The molecule has 0 amide bonds. The Kier molecular flexibility index (Phi) is 3.51. The van der Waals surface area contributed by atoms with Crippen molar-refractivity contribution in [3.63, 3.8) is 0 Å². The zero-order valence-corrected chi connectivity index (χ0v) is 13.0. The topological polar surface area (TPSA) is 31.6 Å². The van der Waals surface area contributed by atoms with Gasteiger partial charge in [0.1, 0.15) is 0 Å². The fourth-order valence-electron chi connectivity index (χ4n) is 3.53. The summed E-state index contributed by atoms with van der Waals surface area (Å²) in [4.78, 5) is 6.84. The van der Waals surface area contributed by atoms with E-state index in [4.69, 9.17) is 0 Å². The maximum absolute atomic E-state index is 3.90. The Morgan fingerprint density at radius 2 is 1.35 bits per heavy atom. The molecule has 2 heterocycles. The van der Waals surface area contributed by atoms with Gasteiger partial charge in [-0.3, -0.25) is 0 Å². The van der Waals surface area contributed by atoms with E-state index >= 15 is 0 Å². The average Bonchev–Trinajstić information content (AvgIpc) is 3.21. The minimum atomic E-state index is 0.361. The zero-order chi connectivity index (χ0) is 15.6. The van der Waals surface area contributed by atoms with Crippen molar-refractivity contribution in [2.75, 3.05) is 0 Å². The lowest BCUT2D eigenvalue weighted by atomic mass is 9.87. The Hall–Kier alpha value is -2.74. The lowest BCUT2D eigenvalue weighted by Gasteiger charge is -2.15. The van der Waals surface area contributed by atoms with Crippen molar-refractivity contribution in [1.82, 2.24) is 9.97 Å². The molecule has 4 rings (SSSR count). The van der Waals surface area contributed by atoms with E-state index < -0.39 is 0 Å². The summed E-state index contributed by atoms with van der Waals surface area (Å²) in [7, 11) is 0. The van der Waals surface area contributed by atoms with Crippen LogP contribution in [0.15, 0.2) is 73.6 Å². The van der Waals surface area contributed by atoms with Gasteiger partial charge >= 0.3 is 0 Å². The molecule has 2 aromatic carbocycles. The Morgan fingerprint density at radius 3 is 1.87 bits per heavy atom. The smallest absolute Gasteiger partial charge is 0.0457 e. The summed E-state index contributed by atoms with van der Waals surface area (Å²) in [5.74, 6) is 0.361. The van der Waals surface area contributed by atoms with Crippen molar-refractivity contribution in [1.29, 1.82) is 0 Å². The Bertz CT molecular complexity index is 884. The predicted molar refractivity (Wildman–Crippen MR) is 97.9 cm³/mol. The quantitative estimate of drug-likeness (QED) is 0.440. The fourth-order valence-corrected chi connectivity index (χ4v) is 3.53. The number of aromatic amines is 2. The molecule has 0 bridgehead atoms. The Labute approximate surface area is 135 Å². The van der Waals surface area contributed by atoms with Crippen LogP contribution in [-0.4, -0.2) is 9.97 Å². The summed E-state index contributed by atoms with van der Waals surface area (Å²) >= 11 is 0. The first-order chi connectivity index (χ1) is 11.4. The van der Waals surface area contributed by atoms with Crippen LogP contribution in [0.3, 0.4) is 0 Å². The molecular weight excluding hydrogens is 280 g/mol. The third-order valence-electron chi connectivity index (χ3n) is 4.65. The normalized spacial score (nSPS) is 11.5. The van der Waals surface area contributed by atoms with Crippen LogP contribution in [0.1, 0.15) is 29.9 Å². The summed E-state index contributed by atoms with van der Waals surface area (Å²) in [6.45, 7) is 3.90. The summed E-state index contributed by atoms with van der Waals surface area (Å²) in [6.07, 6.45) is 8.41. The van der Waals surface area contributed by atoms with E-state index in [-0.39, 0.29) is 0 Å². The van der Waals surface area contributed by atoms with Gasteiger partial charge in [-0.1, -0.05) is 42.5 Å². The molecule has 0 spiro atoms. The first-order valence-corrected chi connectivity index (χ1v) is 8.11. The van der Waals surface area contributed by atoms with Crippen molar-refractivity contribution in [3.05, 3.63) is 84.7 Å². The van der Waals surface area contributed by atoms with E-state index in [1.165, 1.54) is 32.9 Å². The van der Waals surface area contributed by atoms with Crippen LogP contribution >= 0.6 is 0 Å². The van der Waals surface area contributed by atoms with Gasteiger partial charge in [-0.2, -0.15) is 0 Å². The van der Waals surface area contributed by atoms with Gasteiger partial charge in [0, 0.05) is 40.1 Å². The van der Waals surface area contributed by atoms with Crippen LogP contribution in [0.25, 0.3) is 21.8 Å². The van der Waals surface area contributed by atoms with Crippen molar-refractivity contribution < 1.29 is 0 Å². The maximum atomic E-state index is 3.90. The zero-order valence-electron chi connectivity index (χ0n) is 13.0. The van der Waals surface area contributed by atoms with Gasteiger partial charge in [0.25, 0.3) is 0 Å². The number of rotatable bonds is 5. The molecule has 114 valence electrons. The molecule has 0 atom stereocenters. The third-order valence-corrected chi connectivity index (χ3v) is 4.65. The lowest BCUT2D eigenvalue weighted by molar-refractivity contribution is 0.738. The van der Waals surface area contributed by atoms with Crippen LogP contribution < -0.4 is 0 Å². The SMILES string of the molecule is C=CCCC(c1c[nH]c2ccccc12)c1c[nH]c2ccccc12. The number of allylic oxidation sites excluding steroid dienone is 1. The fraction of sp³-hybridized carbons (Fsp3) is 0.143. The first kappa shape index (κ1) is 13.9. The van der Waals surface area contributed by atoms with Crippen molar-refractivity contribution in [2.45, 2.75) is 18.8 Å². The molecule has 0 aliphatic carbocycles. The van der Waals surface area contributed by atoms with Crippen molar-refractivity contribution >= 4 is 21.8 Å². The minimum Gasteiger partial charge on any atom is -0.361 e. The van der Waals surface area contributed by atoms with Crippen LogP contribution in [-0.2, 0) is 0 Å². The molecule has 0 fully saturated rings. The highest BCUT2D eigenvalue weighted by Crippen LogP contribution is 2.37. The number of hydrogen-bond acceptors (Lipinski definition) is 0. The molecular formula is C21H20N2. The average molecular weight is 300 g/mol. The standard InChI is InChI=1S/C21H20N2/c1-2-3-8-15(18-13-22-20-11-6-4-9-16(18)20)19-14-23-21-12-7-5-10-17(19)21/h2,4-7,9-15,22-23H,1,3,8H2. The predicted octanol–water partition coefficient (Wildman–Crippen LogP) is 5.75. The van der Waals surface area contributed by atoms with Gasteiger partial charge in [-0.05, 0) is 36.1 Å².